The third-order valence-corrected chi connectivity index (χ3v) is 3.60. The molecule has 2 aromatic heterocycles. The lowest BCUT2D eigenvalue weighted by Gasteiger charge is -2.13. The second kappa shape index (κ2) is 4.75. The van der Waals surface area contributed by atoms with E-state index in [1.54, 1.807) is 0 Å². The summed E-state index contributed by atoms with van der Waals surface area (Å²) < 4.78 is 0. The zero-order valence-electron chi connectivity index (χ0n) is 10.3. The molecule has 3 N–H and O–H groups in total. The molecule has 2 unspecified atom stereocenters. The molecule has 1 aliphatic rings. The molecule has 0 radical (unpaired) electrons. The highest BCUT2D eigenvalue weighted by Crippen LogP contribution is 2.20. The number of hydrogen-bond acceptors (Lipinski definition) is 5. The molecular weight excluding hydrogens is 268 g/mol. The quantitative estimate of drug-likeness (QED) is 0.707. The highest BCUT2D eigenvalue weighted by molar-refractivity contribution is 6.33. The van der Waals surface area contributed by atoms with Crippen molar-refractivity contribution in [2.75, 3.05) is 18.4 Å². The molecule has 0 aliphatic carbocycles. The first kappa shape index (κ1) is 12.3. The fraction of sp³-hybridized carbons (Fsp3) is 0.455. The van der Waals surface area contributed by atoms with Crippen molar-refractivity contribution in [3.63, 3.8) is 0 Å². The predicted octanol–water partition coefficient (Wildman–Crippen LogP) is 0.800. The van der Waals surface area contributed by atoms with E-state index in [4.69, 9.17) is 11.6 Å². The molecule has 8 heteroatoms. The summed E-state index contributed by atoms with van der Waals surface area (Å²) in [5.41, 5.74) is 1.00. The van der Waals surface area contributed by atoms with Gasteiger partial charge in [-0.1, -0.05) is 18.5 Å². The van der Waals surface area contributed by atoms with Crippen LogP contribution < -0.4 is 10.6 Å². The molecule has 19 heavy (non-hydrogen) atoms. The van der Waals surface area contributed by atoms with Gasteiger partial charge in [0.2, 0.25) is 11.9 Å². The van der Waals surface area contributed by atoms with Crippen molar-refractivity contribution in [1.29, 1.82) is 0 Å². The lowest BCUT2D eigenvalue weighted by Crippen LogP contribution is -2.28. The average Bonchev–Trinajstić information content (AvgIpc) is 2.97. The number of fused-ring (bicyclic) bond motifs is 1. The van der Waals surface area contributed by atoms with E-state index in [0.717, 1.165) is 6.54 Å². The monoisotopic (exact) mass is 280 g/mol. The zero-order chi connectivity index (χ0) is 13.4. The van der Waals surface area contributed by atoms with E-state index in [9.17, 15) is 4.79 Å². The molecule has 2 atom stereocenters. The van der Waals surface area contributed by atoms with E-state index in [0.29, 0.717) is 23.6 Å². The van der Waals surface area contributed by atoms with Gasteiger partial charge in [-0.15, -0.1) is 0 Å². The molecule has 2 aromatic rings. The van der Waals surface area contributed by atoms with Crippen LogP contribution >= 0.6 is 11.6 Å². The smallest absolute Gasteiger partial charge is 0.233 e. The number of halogens is 1. The minimum Gasteiger partial charge on any atom is -0.341 e. The van der Waals surface area contributed by atoms with Gasteiger partial charge in [0.25, 0.3) is 0 Å². The van der Waals surface area contributed by atoms with Crippen LogP contribution in [0.5, 0.6) is 0 Å². The maximum atomic E-state index is 12.1. The van der Waals surface area contributed by atoms with Crippen LogP contribution in [0, 0.1) is 11.8 Å². The summed E-state index contributed by atoms with van der Waals surface area (Å²) in [6.45, 7) is 3.55. The highest BCUT2D eigenvalue weighted by atomic mass is 35.5. The van der Waals surface area contributed by atoms with Gasteiger partial charge in [0.15, 0.2) is 10.8 Å². The normalized spacial score (nSPS) is 22.8. The molecule has 3 rings (SSSR count). The lowest BCUT2D eigenvalue weighted by atomic mass is 9.97. The Hall–Kier alpha value is -1.73. The van der Waals surface area contributed by atoms with Crippen LogP contribution in [0.2, 0.25) is 5.15 Å². The number of nitrogens with zero attached hydrogens (tertiary/aromatic N) is 3. The van der Waals surface area contributed by atoms with Crippen LogP contribution in [-0.2, 0) is 4.79 Å². The number of aromatic nitrogens is 4. The second-order valence-electron chi connectivity index (χ2n) is 4.67. The van der Waals surface area contributed by atoms with Crippen molar-refractivity contribution in [2.45, 2.75) is 6.92 Å². The Kier molecular flexibility index (Phi) is 3.08. The van der Waals surface area contributed by atoms with Crippen molar-refractivity contribution in [2.24, 2.45) is 11.8 Å². The van der Waals surface area contributed by atoms with E-state index < -0.39 is 0 Å². The Labute approximate surface area is 114 Å². The molecule has 1 amide bonds. The average molecular weight is 281 g/mol. The first-order valence-electron chi connectivity index (χ1n) is 6.03. The summed E-state index contributed by atoms with van der Waals surface area (Å²) in [7, 11) is 0. The maximum absolute atomic E-state index is 12.1. The maximum Gasteiger partial charge on any atom is 0.233 e. The summed E-state index contributed by atoms with van der Waals surface area (Å²) >= 11 is 5.99. The number of H-pyrrole nitrogens is 1. The summed E-state index contributed by atoms with van der Waals surface area (Å²) in [5.74, 6) is 0.319. The fourth-order valence-electron chi connectivity index (χ4n) is 2.22. The molecule has 7 nitrogen and oxygen atoms in total. The Balaban J connectivity index is 1.83. The van der Waals surface area contributed by atoms with Crippen molar-refractivity contribution < 1.29 is 4.79 Å². The van der Waals surface area contributed by atoms with E-state index in [1.165, 1.54) is 6.33 Å². The largest absolute Gasteiger partial charge is 0.341 e. The molecule has 1 saturated heterocycles. The number of hydrogen-bond donors (Lipinski definition) is 3. The van der Waals surface area contributed by atoms with Crippen LogP contribution in [0.4, 0.5) is 5.95 Å². The van der Waals surface area contributed by atoms with Gasteiger partial charge >= 0.3 is 0 Å². The number of carbonyl (C=O) groups excluding carboxylic acids is 1. The number of anilines is 1. The minimum absolute atomic E-state index is 0.0720. The van der Waals surface area contributed by atoms with Crippen molar-refractivity contribution in [1.82, 2.24) is 25.3 Å². The Morgan fingerprint density at radius 3 is 3.05 bits per heavy atom. The number of amides is 1. The van der Waals surface area contributed by atoms with Crippen LogP contribution in [0.25, 0.3) is 11.2 Å². The summed E-state index contributed by atoms with van der Waals surface area (Å²) in [6, 6.07) is 0. The van der Waals surface area contributed by atoms with Gasteiger partial charge in [-0.3, -0.25) is 10.1 Å². The summed E-state index contributed by atoms with van der Waals surface area (Å²) in [5, 5.41) is 6.12. The highest BCUT2D eigenvalue weighted by Gasteiger charge is 2.30. The Morgan fingerprint density at radius 2 is 2.32 bits per heavy atom. The Morgan fingerprint density at radius 1 is 1.47 bits per heavy atom. The SMILES string of the molecule is CC1CNCC1C(=O)Nc1nc(Cl)c2[nH]cnc2n1. The first-order chi connectivity index (χ1) is 9.15. The number of nitrogens with one attached hydrogen (secondary N) is 3. The molecule has 0 bridgehead atoms. The van der Waals surface area contributed by atoms with Crippen molar-refractivity contribution in [3.05, 3.63) is 11.5 Å². The van der Waals surface area contributed by atoms with Crippen LogP contribution in [0.15, 0.2) is 6.33 Å². The molecule has 3 heterocycles. The van der Waals surface area contributed by atoms with E-state index in [-0.39, 0.29) is 22.9 Å². The molecule has 0 aromatic carbocycles. The van der Waals surface area contributed by atoms with E-state index in [1.807, 2.05) is 6.92 Å². The second-order valence-corrected chi connectivity index (χ2v) is 5.03. The molecule has 1 aliphatic heterocycles. The van der Waals surface area contributed by atoms with Gasteiger partial charge in [0, 0.05) is 6.54 Å². The van der Waals surface area contributed by atoms with Crippen molar-refractivity contribution >= 4 is 34.6 Å². The third-order valence-electron chi connectivity index (χ3n) is 3.33. The third kappa shape index (κ3) is 2.26. The summed E-state index contributed by atoms with van der Waals surface area (Å²) in [4.78, 5) is 27.1. The lowest BCUT2D eigenvalue weighted by molar-refractivity contribution is -0.120. The first-order valence-corrected chi connectivity index (χ1v) is 6.41. The zero-order valence-corrected chi connectivity index (χ0v) is 11.0. The number of rotatable bonds is 2. The molecule has 0 spiro atoms. The number of carbonyl (C=O) groups is 1. The number of imidazole rings is 1. The van der Waals surface area contributed by atoms with Crippen LogP contribution in [-0.4, -0.2) is 38.9 Å². The molecular formula is C11H13ClN6O. The van der Waals surface area contributed by atoms with Gasteiger partial charge in [0.05, 0.1) is 12.2 Å². The van der Waals surface area contributed by atoms with E-state index >= 15 is 0 Å². The minimum atomic E-state index is -0.0940. The fourth-order valence-corrected chi connectivity index (χ4v) is 2.44. The van der Waals surface area contributed by atoms with Gasteiger partial charge in [-0.25, -0.2) is 4.98 Å². The van der Waals surface area contributed by atoms with Gasteiger partial charge in [0.1, 0.15) is 5.52 Å². The standard InChI is InChI=1S/C11H13ClN6O/c1-5-2-13-3-6(5)10(19)18-11-16-8(12)7-9(17-11)15-4-14-7/h4-6,13H,2-3H2,1H3,(H2,14,15,16,17,18,19). The van der Waals surface area contributed by atoms with Gasteiger partial charge in [-0.2, -0.15) is 9.97 Å². The number of aromatic amines is 1. The van der Waals surface area contributed by atoms with Gasteiger partial charge < -0.3 is 10.3 Å². The summed E-state index contributed by atoms with van der Waals surface area (Å²) in [6.07, 6.45) is 1.49. The van der Waals surface area contributed by atoms with Gasteiger partial charge in [-0.05, 0) is 12.5 Å². The van der Waals surface area contributed by atoms with Crippen molar-refractivity contribution in [3.8, 4) is 0 Å². The Bertz CT molecular complexity index is 627. The molecule has 1 fully saturated rings. The molecule has 0 saturated carbocycles. The van der Waals surface area contributed by atoms with E-state index in [2.05, 4.69) is 30.6 Å². The van der Waals surface area contributed by atoms with Crippen LogP contribution in [0.3, 0.4) is 0 Å². The van der Waals surface area contributed by atoms with Crippen LogP contribution in [0.1, 0.15) is 6.92 Å². The molecule has 100 valence electrons. The topological polar surface area (TPSA) is 95.6 Å². The predicted molar refractivity (Wildman–Crippen MR) is 70.8 cm³/mol.